The number of rotatable bonds is 4. The molecule has 0 fully saturated rings. The van der Waals surface area contributed by atoms with Crippen molar-refractivity contribution < 1.29 is 9.47 Å². The molecule has 2 nitrogen and oxygen atoms in total. The van der Waals surface area contributed by atoms with Crippen molar-refractivity contribution in [2.45, 2.75) is 40.9 Å². The molecule has 0 radical (unpaired) electrons. The van der Waals surface area contributed by atoms with Crippen LogP contribution in [0.5, 0.6) is 5.75 Å². The molecule has 0 spiro atoms. The van der Waals surface area contributed by atoms with E-state index in [4.69, 9.17) is 9.47 Å². The third-order valence-corrected chi connectivity index (χ3v) is 2.60. The van der Waals surface area contributed by atoms with Gasteiger partial charge in [-0.3, -0.25) is 0 Å². The fraction of sp³-hybridized carbons (Fsp3) is 0.538. The van der Waals surface area contributed by atoms with E-state index in [1.165, 1.54) is 16.7 Å². The fourth-order valence-corrected chi connectivity index (χ4v) is 1.52. The van der Waals surface area contributed by atoms with Gasteiger partial charge in [-0.05, 0) is 63.4 Å². The van der Waals surface area contributed by atoms with Crippen molar-refractivity contribution in [1.29, 1.82) is 0 Å². The third kappa shape index (κ3) is 3.24. The van der Waals surface area contributed by atoms with E-state index in [9.17, 15) is 0 Å². The van der Waals surface area contributed by atoms with E-state index in [0.717, 1.165) is 5.75 Å². The van der Waals surface area contributed by atoms with E-state index in [2.05, 4.69) is 32.9 Å². The first kappa shape index (κ1) is 12.1. The molecular weight excluding hydrogens is 188 g/mol. The Hall–Kier alpha value is -1.02. The van der Waals surface area contributed by atoms with Crippen LogP contribution in [0.4, 0.5) is 0 Å². The monoisotopic (exact) mass is 208 g/mol. The fourth-order valence-electron chi connectivity index (χ4n) is 1.52. The summed E-state index contributed by atoms with van der Waals surface area (Å²) in [6.07, 6.45) is -0.184. The molecule has 0 aromatic heterocycles. The first-order valence-electron chi connectivity index (χ1n) is 5.40. The summed E-state index contributed by atoms with van der Waals surface area (Å²) in [5.74, 6) is 0.886. The molecule has 0 aliphatic carbocycles. The van der Waals surface area contributed by atoms with Crippen molar-refractivity contribution >= 4 is 0 Å². The summed E-state index contributed by atoms with van der Waals surface area (Å²) < 4.78 is 11.0. The molecule has 0 aliphatic heterocycles. The van der Waals surface area contributed by atoms with Gasteiger partial charge in [0.05, 0.1) is 0 Å². The second kappa shape index (κ2) is 5.17. The Labute approximate surface area is 92.2 Å². The van der Waals surface area contributed by atoms with Crippen LogP contribution in [0.15, 0.2) is 12.1 Å². The van der Waals surface area contributed by atoms with Crippen molar-refractivity contribution in [3.8, 4) is 5.75 Å². The molecule has 1 unspecified atom stereocenters. The quantitative estimate of drug-likeness (QED) is 0.706. The average molecular weight is 208 g/mol. The van der Waals surface area contributed by atoms with Crippen LogP contribution < -0.4 is 4.74 Å². The van der Waals surface area contributed by atoms with Gasteiger partial charge in [0, 0.05) is 6.61 Å². The molecule has 0 bridgehead atoms. The second-order valence-electron chi connectivity index (χ2n) is 3.82. The Balaban J connectivity index is 2.78. The largest absolute Gasteiger partial charge is 0.465 e. The highest BCUT2D eigenvalue weighted by Crippen LogP contribution is 2.21. The van der Waals surface area contributed by atoms with Crippen LogP contribution in [0.1, 0.15) is 30.5 Å². The lowest BCUT2D eigenvalue weighted by atomic mass is 10.0. The lowest BCUT2D eigenvalue weighted by Crippen LogP contribution is -2.16. The van der Waals surface area contributed by atoms with Gasteiger partial charge in [0.25, 0.3) is 0 Å². The van der Waals surface area contributed by atoms with Crippen LogP contribution in [0.25, 0.3) is 0 Å². The normalized spacial score (nSPS) is 12.6. The lowest BCUT2D eigenvalue weighted by Gasteiger charge is -2.16. The predicted octanol–water partition coefficient (Wildman–Crippen LogP) is 3.37. The van der Waals surface area contributed by atoms with E-state index in [1.807, 2.05) is 13.8 Å². The summed E-state index contributed by atoms with van der Waals surface area (Å²) in [6, 6.07) is 4.11. The Bertz CT molecular complexity index is 308. The molecule has 2 heteroatoms. The van der Waals surface area contributed by atoms with Gasteiger partial charge in [-0.15, -0.1) is 0 Å². The molecule has 0 saturated heterocycles. The van der Waals surface area contributed by atoms with Crippen LogP contribution in [0.3, 0.4) is 0 Å². The highest BCUT2D eigenvalue weighted by molar-refractivity contribution is 5.40. The Kier molecular flexibility index (Phi) is 4.15. The zero-order valence-corrected chi connectivity index (χ0v) is 10.3. The highest BCUT2D eigenvalue weighted by Gasteiger charge is 2.05. The van der Waals surface area contributed by atoms with Crippen molar-refractivity contribution in [2.75, 3.05) is 6.61 Å². The van der Waals surface area contributed by atoms with Crippen molar-refractivity contribution in [2.24, 2.45) is 0 Å². The summed E-state index contributed by atoms with van der Waals surface area (Å²) >= 11 is 0. The minimum atomic E-state index is -0.184. The van der Waals surface area contributed by atoms with Crippen LogP contribution in [0.2, 0.25) is 0 Å². The standard InChI is InChI=1S/C13H20O2/c1-6-14-12(5)15-13-7-9(2)11(4)10(3)8-13/h7-8,12H,6H2,1-5H3. The maximum Gasteiger partial charge on any atom is 0.196 e. The van der Waals surface area contributed by atoms with Gasteiger partial charge >= 0.3 is 0 Å². The number of hydrogen-bond acceptors (Lipinski definition) is 2. The highest BCUT2D eigenvalue weighted by atomic mass is 16.7. The van der Waals surface area contributed by atoms with E-state index in [1.54, 1.807) is 0 Å². The topological polar surface area (TPSA) is 18.5 Å². The molecule has 0 saturated carbocycles. The van der Waals surface area contributed by atoms with E-state index < -0.39 is 0 Å². The smallest absolute Gasteiger partial charge is 0.196 e. The number of ether oxygens (including phenoxy) is 2. The zero-order chi connectivity index (χ0) is 11.4. The second-order valence-corrected chi connectivity index (χ2v) is 3.82. The van der Waals surface area contributed by atoms with Crippen LogP contribution >= 0.6 is 0 Å². The summed E-state index contributed by atoms with van der Waals surface area (Å²) in [6.45, 7) is 10.9. The minimum absolute atomic E-state index is 0.184. The molecule has 1 aromatic rings. The van der Waals surface area contributed by atoms with Crippen LogP contribution in [-0.2, 0) is 4.74 Å². The third-order valence-electron chi connectivity index (χ3n) is 2.60. The molecule has 1 aromatic carbocycles. The van der Waals surface area contributed by atoms with Gasteiger partial charge in [-0.1, -0.05) is 0 Å². The van der Waals surface area contributed by atoms with Crippen molar-refractivity contribution in [3.63, 3.8) is 0 Å². The maximum atomic E-state index is 5.65. The van der Waals surface area contributed by atoms with Crippen LogP contribution in [-0.4, -0.2) is 12.9 Å². The summed E-state index contributed by atoms with van der Waals surface area (Å²) in [5.41, 5.74) is 3.84. The van der Waals surface area contributed by atoms with Crippen molar-refractivity contribution in [3.05, 3.63) is 28.8 Å². The van der Waals surface area contributed by atoms with Crippen molar-refractivity contribution in [1.82, 2.24) is 0 Å². The van der Waals surface area contributed by atoms with Crippen LogP contribution in [0, 0.1) is 20.8 Å². The van der Waals surface area contributed by atoms with E-state index >= 15 is 0 Å². The Morgan fingerprint density at radius 2 is 1.67 bits per heavy atom. The number of benzene rings is 1. The predicted molar refractivity (Wildman–Crippen MR) is 62.4 cm³/mol. The summed E-state index contributed by atoms with van der Waals surface area (Å²) in [5, 5.41) is 0. The van der Waals surface area contributed by atoms with Gasteiger partial charge in [0.15, 0.2) is 6.29 Å². The van der Waals surface area contributed by atoms with E-state index in [-0.39, 0.29) is 6.29 Å². The molecule has 15 heavy (non-hydrogen) atoms. The first-order valence-corrected chi connectivity index (χ1v) is 5.40. The van der Waals surface area contributed by atoms with Gasteiger partial charge < -0.3 is 9.47 Å². The molecule has 0 amide bonds. The molecule has 1 atom stereocenters. The molecule has 1 rings (SSSR count). The van der Waals surface area contributed by atoms with Gasteiger partial charge in [0.1, 0.15) is 5.75 Å². The number of hydrogen-bond donors (Lipinski definition) is 0. The van der Waals surface area contributed by atoms with Gasteiger partial charge in [-0.2, -0.15) is 0 Å². The SMILES string of the molecule is CCOC(C)Oc1cc(C)c(C)c(C)c1. The number of aryl methyl sites for hydroxylation is 2. The molecule has 84 valence electrons. The molecule has 0 N–H and O–H groups in total. The zero-order valence-electron chi connectivity index (χ0n) is 10.3. The van der Waals surface area contributed by atoms with Gasteiger partial charge in [-0.25, -0.2) is 0 Å². The Morgan fingerprint density at radius 1 is 1.13 bits per heavy atom. The maximum absolute atomic E-state index is 5.65. The summed E-state index contributed by atoms with van der Waals surface area (Å²) in [7, 11) is 0. The van der Waals surface area contributed by atoms with E-state index in [0.29, 0.717) is 6.61 Å². The molecule has 0 heterocycles. The average Bonchev–Trinajstić information content (AvgIpc) is 2.14. The Morgan fingerprint density at radius 3 is 2.13 bits per heavy atom. The molecular formula is C13H20O2. The van der Waals surface area contributed by atoms with Gasteiger partial charge in [0.2, 0.25) is 0 Å². The first-order chi connectivity index (χ1) is 7.04. The molecule has 0 aliphatic rings. The lowest BCUT2D eigenvalue weighted by molar-refractivity contribution is -0.0613. The minimum Gasteiger partial charge on any atom is -0.465 e. The summed E-state index contributed by atoms with van der Waals surface area (Å²) in [4.78, 5) is 0.